The van der Waals surface area contributed by atoms with Gasteiger partial charge in [-0.3, -0.25) is 0 Å². The van der Waals surface area contributed by atoms with Crippen LogP contribution in [0.25, 0.3) is 0 Å². The Bertz CT molecular complexity index is 948. The van der Waals surface area contributed by atoms with Crippen LogP contribution in [0.5, 0.6) is 0 Å². The van der Waals surface area contributed by atoms with Crippen molar-refractivity contribution in [1.82, 2.24) is 0 Å². The quantitative estimate of drug-likeness (QED) is 0.0323. The lowest BCUT2D eigenvalue weighted by atomic mass is 10.1. The third kappa shape index (κ3) is 66.2. The van der Waals surface area contributed by atoms with Crippen LogP contribution in [0.2, 0.25) is 0 Å². The number of unbranched alkanes of at least 4 members (excludes halogenated alkanes) is 48. The first-order valence-electron chi connectivity index (χ1n) is 35.3. The Labute approximate surface area is 479 Å². The third-order valence-electron chi connectivity index (χ3n) is 16.3. The van der Waals surface area contributed by atoms with E-state index in [-0.39, 0.29) is 15.8 Å². The van der Waals surface area contributed by atoms with Gasteiger partial charge in [-0.15, -0.1) is 15.8 Å². The van der Waals surface area contributed by atoms with Gasteiger partial charge in [0.1, 0.15) is 0 Å². The average Bonchev–Trinajstić information content (AvgIpc) is 3.42. The molecule has 0 radical (unpaired) electrons. The molecule has 0 fully saturated rings. The van der Waals surface area contributed by atoms with Crippen LogP contribution in [0, 0.1) is 0 Å². The highest BCUT2D eigenvalue weighted by atomic mass is 31.2. The maximum Gasteiger partial charge on any atom is -0.0120 e. The van der Waals surface area contributed by atoms with Crippen LogP contribution in [0.3, 0.4) is 0 Å². The predicted octanol–water partition coefficient (Wildman–Crippen LogP) is 28.1. The van der Waals surface area contributed by atoms with Crippen LogP contribution < -0.4 is 0 Å². The minimum Gasteiger partial charge on any atom is -0.102 e. The molecule has 0 aromatic heterocycles. The van der Waals surface area contributed by atoms with Crippen LogP contribution in [-0.2, 0) is 0 Å². The monoisotopic (exact) mass is 1080 g/mol. The van der Waals surface area contributed by atoms with E-state index in [0.717, 1.165) is 0 Å². The summed E-state index contributed by atoms with van der Waals surface area (Å²) < 4.78 is 0. The van der Waals surface area contributed by atoms with E-state index in [9.17, 15) is 0 Å². The molecule has 0 aliphatic carbocycles. The zero-order valence-corrected chi connectivity index (χ0v) is 54.4. The zero-order chi connectivity index (χ0) is 53.9. The summed E-state index contributed by atoms with van der Waals surface area (Å²) in [6, 6.07) is 0. The van der Waals surface area contributed by atoms with Crippen LogP contribution in [0.4, 0.5) is 0 Å². The number of hydrogen-bond acceptors (Lipinski definition) is 0. The largest absolute Gasteiger partial charge is 0.102 e. The van der Waals surface area contributed by atoms with Crippen LogP contribution >= 0.6 is 15.8 Å². The minimum atomic E-state index is 0.224. The summed E-state index contributed by atoms with van der Waals surface area (Å²) in [6.45, 7) is 9.28. The van der Waals surface area contributed by atoms with Crippen molar-refractivity contribution in [3.8, 4) is 0 Å². The van der Waals surface area contributed by atoms with E-state index in [2.05, 4.69) is 76.3 Å². The van der Waals surface area contributed by atoms with Gasteiger partial charge in [0.2, 0.25) is 0 Å². The van der Waals surface area contributed by atoms with Crippen LogP contribution in [0.15, 0.2) is 48.6 Å². The van der Waals surface area contributed by atoms with Crippen LogP contribution in [0.1, 0.15) is 387 Å². The average molecular weight is 1080 g/mol. The molecular weight excluding hydrogens is 939 g/mol. The van der Waals surface area contributed by atoms with E-state index < -0.39 is 0 Å². The maximum absolute atomic E-state index is 2.50. The summed E-state index contributed by atoms with van der Waals surface area (Å²) in [6.07, 6.45) is 106. The second kappa shape index (κ2) is 69.9. The van der Waals surface area contributed by atoms with Crippen molar-refractivity contribution in [2.75, 3.05) is 30.6 Å². The summed E-state index contributed by atoms with van der Waals surface area (Å²) in [5.41, 5.74) is 0. The minimum absolute atomic E-state index is 0.224. The summed E-state index contributed by atoms with van der Waals surface area (Å²) in [7, 11) is 0.447. The van der Waals surface area contributed by atoms with Crippen molar-refractivity contribution in [3.63, 3.8) is 0 Å². The topological polar surface area (TPSA) is 0 Å². The first kappa shape index (κ1) is 74.8. The molecule has 0 unspecified atom stereocenters. The summed E-state index contributed by atoms with van der Waals surface area (Å²) in [4.78, 5) is 0. The predicted molar refractivity (Wildman–Crippen MR) is 356 cm³/mol. The molecule has 0 atom stereocenters. The van der Waals surface area contributed by atoms with Gasteiger partial charge in [-0.05, 0) is 159 Å². The van der Waals surface area contributed by atoms with E-state index in [1.165, 1.54) is 360 Å². The molecule has 0 heterocycles. The van der Waals surface area contributed by atoms with Crippen molar-refractivity contribution < 1.29 is 0 Å². The SMILES string of the molecule is CCCCCCCC/C=C\CCCCCCCCP(CCCCCCCC/C=C\CCCCCCCC)CP(CCCCCCCC/C=C\CCCCCCCC)CCCCCCCC/C=C\CCCCCCCC. The number of allylic oxidation sites excluding steroid dienone is 8. The smallest absolute Gasteiger partial charge is 0.0120 e. The summed E-state index contributed by atoms with van der Waals surface area (Å²) in [5, 5.41) is 0. The Morgan fingerprint density at radius 3 is 0.453 bits per heavy atom. The molecule has 0 aliphatic rings. The van der Waals surface area contributed by atoms with Crippen molar-refractivity contribution in [2.24, 2.45) is 0 Å². The van der Waals surface area contributed by atoms with Crippen molar-refractivity contribution in [2.45, 2.75) is 387 Å². The van der Waals surface area contributed by atoms with Gasteiger partial charge in [0.05, 0.1) is 0 Å². The van der Waals surface area contributed by atoms with Gasteiger partial charge >= 0.3 is 0 Å². The standard InChI is InChI=1S/C73H142P2/c1-5-9-13-17-21-25-29-33-37-41-45-49-53-57-61-65-69-74(70-66-62-58-54-50-46-42-38-34-30-26-22-18-14-10-6-2)73-75(71-67-63-59-55-51-47-43-39-35-31-27-23-19-15-11-7-3)72-68-64-60-56-52-48-44-40-36-32-28-24-20-16-12-8-4/h33-40H,5-32,41-73H2,1-4H3/b37-33-,38-34-,39-35-,40-36-. The molecular formula is C73H142P2. The van der Waals surface area contributed by atoms with Crippen molar-refractivity contribution >= 4 is 15.8 Å². The van der Waals surface area contributed by atoms with Crippen LogP contribution in [-0.4, -0.2) is 30.6 Å². The van der Waals surface area contributed by atoms with Gasteiger partial charge in [0, 0.05) is 0 Å². The van der Waals surface area contributed by atoms with Gasteiger partial charge in [0.25, 0.3) is 0 Å². The molecule has 0 saturated heterocycles. The van der Waals surface area contributed by atoms with E-state index >= 15 is 0 Å². The third-order valence-corrected chi connectivity index (χ3v) is 23.3. The van der Waals surface area contributed by atoms with Gasteiger partial charge < -0.3 is 0 Å². The van der Waals surface area contributed by atoms with E-state index in [1.807, 2.05) is 0 Å². The fourth-order valence-corrected chi connectivity index (χ4v) is 18.8. The molecule has 0 amide bonds. The van der Waals surface area contributed by atoms with Gasteiger partial charge in [-0.25, -0.2) is 0 Å². The fourth-order valence-electron chi connectivity index (χ4n) is 11.1. The Hall–Kier alpha value is -0.180. The lowest BCUT2D eigenvalue weighted by Crippen LogP contribution is -2.01. The molecule has 0 rings (SSSR count). The Kier molecular flexibility index (Phi) is 69.8. The maximum atomic E-state index is 2.50. The van der Waals surface area contributed by atoms with Crippen molar-refractivity contribution in [3.05, 3.63) is 48.6 Å². The normalized spacial score (nSPS) is 12.3. The first-order valence-corrected chi connectivity index (χ1v) is 39.1. The molecule has 2 heteroatoms. The van der Waals surface area contributed by atoms with Gasteiger partial charge in [0.15, 0.2) is 0 Å². The molecule has 444 valence electrons. The highest BCUT2D eigenvalue weighted by molar-refractivity contribution is 7.74. The molecule has 0 saturated carbocycles. The summed E-state index contributed by atoms with van der Waals surface area (Å²) in [5.74, 6) is 1.68. The second-order valence-corrected chi connectivity index (χ2v) is 29.7. The fraction of sp³-hybridized carbons (Fsp3) is 0.890. The van der Waals surface area contributed by atoms with Gasteiger partial charge in [-0.1, -0.05) is 307 Å². The Morgan fingerprint density at radius 2 is 0.293 bits per heavy atom. The molecule has 75 heavy (non-hydrogen) atoms. The van der Waals surface area contributed by atoms with E-state index in [0.29, 0.717) is 0 Å². The Balaban J connectivity index is 4.99. The highest BCUT2D eigenvalue weighted by Crippen LogP contribution is 2.53. The highest BCUT2D eigenvalue weighted by Gasteiger charge is 2.16. The summed E-state index contributed by atoms with van der Waals surface area (Å²) >= 11 is 0. The molecule has 0 nitrogen and oxygen atoms in total. The molecule has 0 bridgehead atoms. The second-order valence-electron chi connectivity index (χ2n) is 24.1. The molecule has 0 N–H and O–H groups in total. The Morgan fingerprint density at radius 1 is 0.160 bits per heavy atom. The molecule has 0 aromatic rings. The molecule has 0 aliphatic heterocycles. The lowest BCUT2D eigenvalue weighted by Gasteiger charge is -2.25. The molecule has 0 spiro atoms. The van der Waals surface area contributed by atoms with Gasteiger partial charge in [-0.2, -0.15) is 0 Å². The zero-order valence-electron chi connectivity index (χ0n) is 52.6. The number of hydrogen-bond donors (Lipinski definition) is 0. The van der Waals surface area contributed by atoms with E-state index in [4.69, 9.17) is 0 Å². The first-order chi connectivity index (χ1) is 37.3. The lowest BCUT2D eigenvalue weighted by molar-refractivity contribution is 0.605. The number of rotatable bonds is 66. The van der Waals surface area contributed by atoms with Crippen molar-refractivity contribution in [1.29, 1.82) is 0 Å². The molecule has 0 aromatic carbocycles. The van der Waals surface area contributed by atoms with E-state index in [1.54, 1.807) is 30.6 Å².